The van der Waals surface area contributed by atoms with Crippen molar-refractivity contribution in [2.75, 3.05) is 6.61 Å². The number of hydrogen-bond donors (Lipinski definition) is 6. The van der Waals surface area contributed by atoms with E-state index in [-0.39, 0.29) is 5.92 Å². The molecule has 0 bridgehead atoms. The zero-order chi connectivity index (χ0) is 18.5. The second kappa shape index (κ2) is 6.75. The maximum absolute atomic E-state index is 11.0. The first-order valence-corrected chi connectivity index (χ1v) is 8.40. The van der Waals surface area contributed by atoms with E-state index >= 15 is 0 Å². The van der Waals surface area contributed by atoms with Gasteiger partial charge in [0.1, 0.15) is 30.0 Å². The highest BCUT2D eigenvalue weighted by atomic mass is 16.8. The molecule has 9 heteroatoms. The van der Waals surface area contributed by atoms with Crippen molar-refractivity contribution in [1.29, 1.82) is 0 Å². The van der Waals surface area contributed by atoms with Crippen LogP contribution in [0.1, 0.15) is 20.3 Å². The fraction of sp³-hybridized carbons (Fsp3) is 0.875. The minimum absolute atomic E-state index is 0.140. The van der Waals surface area contributed by atoms with Crippen LogP contribution in [0.4, 0.5) is 0 Å². The zero-order valence-corrected chi connectivity index (χ0v) is 14.1. The molecule has 1 saturated heterocycles. The van der Waals surface area contributed by atoms with Crippen LogP contribution < -0.4 is 0 Å². The molecule has 0 aromatic carbocycles. The molecule has 9 nitrogen and oxygen atoms in total. The fourth-order valence-electron chi connectivity index (χ4n) is 4.11. The molecule has 0 aromatic heterocycles. The first-order valence-electron chi connectivity index (χ1n) is 8.40. The SMILES string of the molecule is CC1=COC(OC2OC(CO)C(O)C(O)C2O)C2C(C)CC(O)C12O. The average molecular weight is 362 g/mol. The van der Waals surface area contributed by atoms with Gasteiger partial charge in [0.15, 0.2) is 6.29 Å². The molecule has 2 fully saturated rings. The van der Waals surface area contributed by atoms with Gasteiger partial charge in [0.05, 0.1) is 24.9 Å². The predicted molar refractivity (Wildman–Crippen MR) is 81.7 cm³/mol. The molecule has 1 saturated carbocycles. The topological polar surface area (TPSA) is 149 Å². The third kappa shape index (κ3) is 2.88. The van der Waals surface area contributed by atoms with Crippen LogP contribution in [0.25, 0.3) is 0 Å². The molecule has 3 aliphatic rings. The highest BCUT2D eigenvalue weighted by Gasteiger charge is 2.60. The molecule has 25 heavy (non-hydrogen) atoms. The van der Waals surface area contributed by atoms with Crippen molar-refractivity contribution in [1.82, 2.24) is 0 Å². The van der Waals surface area contributed by atoms with Crippen LogP contribution in [0.2, 0.25) is 0 Å². The molecule has 144 valence electrons. The summed E-state index contributed by atoms with van der Waals surface area (Å²) in [6, 6.07) is 0. The summed E-state index contributed by atoms with van der Waals surface area (Å²) in [6.07, 6.45) is -7.47. The van der Waals surface area contributed by atoms with E-state index in [1.165, 1.54) is 6.26 Å². The largest absolute Gasteiger partial charge is 0.472 e. The van der Waals surface area contributed by atoms with E-state index in [1.807, 2.05) is 6.92 Å². The van der Waals surface area contributed by atoms with E-state index in [1.54, 1.807) is 6.92 Å². The molecule has 1 aliphatic carbocycles. The molecule has 10 atom stereocenters. The van der Waals surface area contributed by atoms with E-state index in [0.717, 1.165) is 0 Å². The van der Waals surface area contributed by atoms with Gasteiger partial charge in [0, 0.05) is 0 Å². The van der Waals surface area contributed by atoms with Gasteiger partial charge in [-0.1, -0.05) is 6.92 Å². The number of ether oxygens (including phenoxy) is 3. The lowest BCUT2D eigenvalue weighted by molar-refractivity contribution is -0.347. The Morgan fingerprint density at radius 1 is 1.16 bits per heavy atom. The van der Waals surface area contributed by atoms with E-state index < -0.39 is 61.2 Å². The Labute approximate surface area is 145 Å². The number of aliphatic hydroxyl groups is 6. The van der Waals surface area contributed by atoms with E-state index in [9.17, 15) is 30.6 Å². The minimum Gasteiger partial charge on any atom is -0.472 e. The van der Waals surface area contributed by atoms with Crippen LogP contribution in [0.15, 0.2) is 11.8 Å². The van der Waals surface area contributed by atoms with Crippen LogP contribution in [-0.4, -0.2) is 85.9 Å². The van der Waals surface area contributed by atoms with Gasteiger partial charge in [-0.2, -0.15) is 0 Å². The third-order valence-electron chi connectivity index (χ3n) is 5.64. The molecule has 2 aliphatic heterocycles. The molecule has 3 rings (SSSR count). The smallest absolute Gasteiger partial charge is 0.208 e. The monoisotopic (exact) mass is 362 g/mol. The van der Waals surface area contributed by atoms with Crippen molar-refractivity contribution in [2.45, 2.75) is 69.0 Å². The van der Waals surface area contributed by atoms with Gasteiger partial charge in [-0.25, -0.2) is 0 Å². The Morgan fingerprint density at radius 2 is 1.84 bits per heavy atom. The second-order valence-corrected chi connectivity index (χ2v) is 7.22. The van der Waals surface area contributed by atoms with Crippen LogP contribution in [0.3, 0.4) is 0 Å². The van der Waals surface area contributed by atoms with Gasteiger partial charge in [0.2, 0.25) is 6.29 Å². The summed E-state index contributed by atoms with van der Waals surface area (Å²) in [5.74, 6) is -0.751. The summed E-state index contributed by atoms with van der Waals surface area (Å²) in [4.78, 5) is 0. The molecule has 0 aromatic rings. The zero-order valence-electron chi connectivity index (χ0n) is 14.1. The molecule has 0 amide bonds. The highest BCUT2D eigenvalue weighted by molar-refractivity contribution is 5.24. The number of fused-ring (bicyclic) bond motifs is 1. The Morgan fingerprint density at radius 3 is 2.48 bits per heavy atom. The summed E-state index contributed by atoms with van der Waals surface area (Å²) in [5, 5.41) is 60.3. The van der Waals surface area contributed by atoms with Crippen molar-refractivity contribution < 1.29 is 44.8 Å². The first-order chi connectivity index (χ1) is 11.7. The number of aliphatic hydroxyl groups excluding tert-OH is 5. The minimum atomic E-state index is -1.57. The van der Waals surface area contributed by atoms with Crippen LogP contribution >= 0.6 is 0 Å². The van der Waals surface area contributed by atoms with Gasteiger partial charge in [0.25, 0.3) is 0 Å². The lowest BCUT2D eigenvalue weighted by atomic mass is 9.79. The molecule has 2 heterocycles. The maximum atomic E-state index is 11.0. The number of hydrogen-bond acceptors (Lipinski definition) is 9. The summed E-state index contributed by atoms with van der Waals surface area (Å²) >= 11 is 0. The lowest BCUT2D eigenvalue weighted by Gasteiger charge is -2.45. The van der Waals surface area contributed by atoms with Crippen molar-refractivity contribution >= 4 is 0 Å². The molecule has 6 N–H and O–H groups in total. The van der Waals surface area contributed by atoms with Gasteiger partial charge in [-0.3, -0.25) is 0 Å². The predicted octanol–water partition coefficient (Wildman–Crippen LogP) is -2.19. The van der Waals surface area contributed by atoms with E-state index in [2.05, 4.69) is 0 Å². The first kappa shape index (κ1) is 19.0. The average Bonchev–Trinajstić information content (AvgIpc) is 2.81. The van der Waals surface area contributed by atoms with Crippen LogP contribution in [-0.2, 0) is 14.2 Å². The number of rotatable bonds is 3. The summed E-state index contributed by atoms with van der Waals surface area (Å²) in [6.45, 7) is 2.92. The van der Waals surface area contributed by atoms with E-state index in [0.29, 0.717) is 12.0 Å². The molecule has 0 spiro atoms. The maximum Gasteiger partial charge on any atom is 0.208 e. The summed E-state index contributed by atoms with van der Waals surface area (Å²) < 4.78 is 16.5. The van der Waals surface area contributed by atoms with Crippen molar-refractivity contribution in [3.05, 3.63) is 11.8 Å². The normalized spacial score (nSPS) is 53.1. The Bertz CT molecular complexity index is 524. The van der Waals surface area contributed by atoms with Crippen molar-refractivity contribution in [3.8, 4) is 0 Å². The molecule has 0 radical (unpaired) electrons. The van der Waals surface area contributed by atoms with Gasteiger partial charge >= 0.3 is 0 Å². The van der Waals surface area contributed by atoms with Crippen molar-refractivity contribution in [2.24, 2.45) is 11.8 Å². The van der Waals surface area contributed by atoms with Crippen molar-refractivity contribution in [3.63, 3.8) is 0 Å². The second-order valence-electron chi connectivity index (χ2n) is 7.22. The van der Waals surface area contributed by atoms with Gasteiger partial charge in [-0.05, 0) is 24.8 Å². The summed E-state index contributed by atoms with van der Waals surface area (Å²) in [7, 11) is 0. The van der Waals surface area contributed by atoms with Gasteiger partial charge in [-0.15, -0.1) is 0 Å². The van der Waals surface area contributed by atoms with E-state index in [4.69, 9.17) is 14.2 Å². The van der Waals surface area contributed by atoms with Crippen LogP contribution in [0.5, 0.6) is 0 Å². The summed E-state index contributed by atoms with van der Waals surface area (Å²) in [5.41, 5.74) is -1.04. The highest BCUT2D eigenvalue weighted by Crippen LogP contribution is 2.50. The quantitative estimate of drug-likeness (QED) is 0.329. The standard InChI is InChI=1S/C16H26O9/c1-6-3-9(18)16(22)7(2)5-23-14(10(6)16)25-15-13(21)12(20)11(19)8(4-17)24-15/h5-6,8-15,17-22H,3-4H2,1-2H3. The van der Waals surface area contributed by atoms with Gasteiger partial charge < -0.3 is 44.8 Å². The molecular formula is C16H26O9. The fourth-order valence-corrected chi connectivity index (χ4v) is 4.11. The third-order valence-corrected chi connectivity index (χ3v) is 5.64. The Balaban J connectivity index is 1.81. The Kier molecular flexibility index (Phi) is 5.13. The molecular weight excluding hydrogens is 336 g/mol. The Hall–Kier alpha value is -0.780. The lowest BCUT2D eigenvalue weighted by Crippen LogP contribution is -2.61. The van der Waals surface area contributed by atoms with Crippen LogP contribution in [0, 0.1) is 11.8 Å². The molecule has 10 unspecified atom stereocenters.